The van der Waals surface area contributed by atoms with E-state index in [1.165, 1.54) is 12.1 Å². The van der Waals surface area contributed by atoms with Crippen molar-refractivity contribution in [3.05, 3.63) is 35.6 Å². The topological polar surface area (TPSA) is 26.0 Å². The molecule has 0 spiro atoms. The SMILES string of the molecule is CC(C)(C)CC(N)c1cccc(F)c1. The molecule has 0 radical (unpaired) electrons. The van der Waals surface area contributed by atoms with Crippen LogP contribution in [0.3, 0.4) is 0 Å². The minimum absolute atomic E-state index is 0.0781. The zero-order valence-electron chi connectivity index (χ0n) is 9.05. The van der Waals surface area contributed by atoms with Gasteiger partial charge < -0.3 is 5.73 Å². The quantitative estimate of drug-likeness (QED) is 0.770. The first kappa shape index (κ1) is 11.2. The molecule has 1 atom stereocenters. The summed E-state index contributed by atoms with van der Waals surface area (Å²) >= 11 is 0. The van der Waals surface area contributed by atoms with Gasteiger partial charge in [-0.2, -0.15) is 0 Å². The Balaban J connectivity index is 2.74. The van der Waals surface area contributed by atoms with Crippen molar-refractivity contribution >= 4 is 0 Å². The van der Waals surface area contributed by atoms with Gasteiger partial charge in [0.05, 0.1) is 0 Å². The molecule has 0 aliphatic rings. The predicted molar refractivity (Wildman–Crippen MR) is 57.4 cm³/mol. The van der Waals surface area contributed by atoms with Gasteiger partial charge in [-0.25, -0.2) is 4.39 Å². The van der Waals surface area contributed by atoms with Gasteiger partial charge >= 0.3 is 0 Å². The predicted octanol–water partition coefficient (Wildman–Crippen LogP) is 3.26. The van der Waals surface area contributed by atoms with Crippen LogP contribution in [-0.2, 0) is 0 Å². The Morgan fingerprint density at radius 2 is 2.00 bits per heavy atom. The van der Waals surface area contributed by atoms with Gasteiger partial charge in [0.1, 0.15) is 5.82 Å². The molecule has 14 heavy (non-hydrogen) atoms. The van der Waals surface area contributed by atoms with Gasteiger partial charge in [0.25, 0.3) is 0 Å². The molecule has 0 aliphatic heterocycles. The van der Waals surface area contributed by atoms with Gasteiger partial charge in [0.15, 0.2) is 0 Å². The third-order valence-corrected chi connectivity index (χ3v) is 2.11. The highest BCUT2D eigenvalue weighted by molar-refractivity contribution is 5.19. The maximum Gasteiger partial charge on any atom is 0.123 e. The van der Waals surface area contributed by atoms with Gasteiger partial charge in [-0.15, -0.1) is 0 Å². The van der Waals surface area contributed by atoms with Crippen LogP contribution in [0, 0.1) is 11.2 Å². The number of hydrogen-bond acceptors (Lipinski definition) is 1. The van der Waals surface area contributed by atoms with Gasteiger partial charge in [-0.1, -0.05) is 32.9 Å². The molecule has 78 valence electrons. The summed E-state index contributed by atoms with van der Waals surface area (Å²) in [5.74, 6) is -0.216. The van der Waals surface area contributed by atoms with Gasteiger partial charge in [0.2, 0.25) is 0 Å². The van der Waals surface area contributed by atoms with Crippen molar-refractivity contribution in [3.8, 4) is 0 Å². The van der Waals surface area contributed by atoms with Crippen molar-refractivity contribution < 1.29 is 4.39 Å². The number of benzene rings is 1. The first-order valence-corrected chi connectivity index (χ1v) is 4.89. The number of hydrogen-bond donors (Lipinski definition) is 1. The number of rotatable bonds is 2. The fourth-order valence-electron chi connectivity index (χ4n) is 1.51. The summed E-state index contributed by atoms with van der Waals surface area (Å²) in [5.41, 5.74) is 7.03. The maximum atomic E-state index is 12.9. The molecule has 0 bridgehead atoms. The van der Waals surface area contributed by atoms with Crippen LogP contribution in [0.4, 0.5) is 4.39 Å². The lowest BCUT2D eigenvalue weighted by Gasteiger charge is -2.23. The summed E-state index contributed by atoms with van der Waals surface area (Å²) in [4.78, 5) is 0. The normalized spacial score (nSPS) is 14.1. The highest BCUT2D eigenvalue weighted by Gasteiger charge is 2.16. The van der Waals surface area contributed by atoms with E-state index in [1.807, 2.05) is 6.07 Å². The van der Waals surface area contributed by atoms with Crippen LogP contribution < -0.4 is 5.73 Å². The molecule has 0 aliphatic carbocycles. The molecular weight excluding hydrogens is 177 g/mol. The van der Waals surface area contributed by atoms with E-state index < -0.39 is 0 Å². The van der Waals surface area contributed by atoms with Crippen LogP contribution in [-0.4, -0.2) is 0 Å². The first-order valence-electron chi connectivity index (χ1n) is 4.89. The summed E-state index contributed by atoms with van der Waals surface area (Å²) in [5, 5.41) is 0. The molecule has 2 N–H and O–H groups in total. The van der Waals surface area contributed by atoms with Crippen molar-refractivity contribution in [2.24, 2.45) is 11.1 Å². The van der Waals surface area contributed by atoms with Gasteiger partial charge in [-0.05, 0) is 29.5 Å². The minimum Gasteiger partial charge on any atom is -0.324 e. The largest absolute Gasteiger partial charge is 0.324 e. The van der Waals surface area contributed by atoms with Gasteiger partial charge in [-0.3, -0.25) is 0 Å². The fraction of sp³-hybridized carbons (Fsp3) is 0.500. The van der Waals surface area contributed by atoms with Crippen LogP contribution >= 0.6 is 0 Å². The van der Waals surface area contributed by atoms with E-state index >= 15 is 0 Å². The standard InChI is InChI=1S/C12H18FN/c1-12(2,3)8-11(14)9-5-4-6-10(13)7-9/h4-7,11H,8,14H2,1-3H3. The van der Waals surface area contributed by atoms with E-state index in [9.17, 15) is 4.39 Å². The van der Waals surface area contributed by atoms with Crippen molar-refractivity contribution in [1.82, 2.24) is 0 Å². The molecule has 1 rings (SSSR count). The lowest BCUT2D eigenvalue weighted by atomic mass is 9.86. The smallest absolute Gasteiger partial charge is 0.123 e. The summed E-state index contributed by atoms with van der Waals surface area (Å²) < 4.78 is 12.9. The summed E-state index contributed by atoms with van der Waals surface area (Å²) in [6.45, 7) is 6.39. The second-order valence-electron chi connectivity index (χ2n) is 4.93. The van der Waals surface area contributed by atoms with E-state index in [2.05, 4.69) is 20.8 Å². The summed E-state index contributed by atoms with van der Waals surface area (Å²) in [6.07, 6.45) is 0.858. The molecule has 2 heteroatoms. The molecule has 1 nitrogen and oxygen atoms in total. The average molecular weight is 195 g/mol. The van der Waals surface area contributed by atoms with E-state index in [0.717, 1.165) is 12.0 Å². The van der Waals surface area contributed by atoms with E-state index in [4.69, 9.17) is 5.73 Å². The van der Waals surface area contributed by atoms with E-state index in [1.54, 1.807) is 6.07 Å². The Morgan fingerprint density at radius 3 is 2.50 bits per heavy atom. The molecule has 1 aromatic carbocycles. The average Bonchev–Trinajstić information content (AvgIpc) is 2.01. The third-order valence-electron chi connectivity index (χ3n) is 2.11. The highest BCUT2D eigenvalue weighted by atomic mass is 19.1. The Kier molecular flexibility index (Phi) is 3.27. The van der Waals surface area contributed by atoms with Gasteiger partial charge in [0, 0.05) is 6.04 Å². The highest BCUT2D eigenvalue weighted by Crippen LogP contribution is 2.27. The van der Waals surface area contributed by atoms with E-state index in [0.29, 0.717) is 0 Å². The summed E-state index contributed by atoms with van der Waals surface area (Å²) in [7, 11) is 0. The molecular formula is C12H18FN. The maximum absolute atomic E-state index is 12.9. The molecule has 0 saturated carbocycles. The van der Waals surface area contributed by atoms with E-state index in [-0.39, 0.29) is 17.3 Å². The lowest BCUT2D eigenvalue weighted by molar-refractivity contribution is 0.342. The molecule has 1 aromatic rings. The van der Waals surface area contributed by atoms with Crippen molar-refractivity contribution in [3.63, 3.8) is 0 Å². The Bertz CT molecular complexity index is 301. The fourth-order valence-corrected chi connectivity index (χ4v) is 1.51. The Labute approximate surface area is 85.1 Å². The molecule has 0 aromatic heterocycles. The Morgan fingerprint density at radius 1 is 1.36 bits per heavy atom. The van der Waals surface area contributed by atoms with Crippen LogP contribution in [0.25, 0.3) is 0 Å². The zero-order valence-corrected chi connectivity index (χ0v) is 9.05. The van der Waals surface area contributed by atoms with Crippen LogP contribution in [0.15, 0.2) is 24.3 Å². The number of halogens is 1. The molecule has 0 fully saturated rings. The second-order valence-corrected chi connectivity index (χ2v) is 4.93. The third kappa shape index (κ3) is 3.46. The van der Waals surface area contributed by atoms with Crippen LogP contribution in [0.2, 0.25) is 0 Å². The van der Waals surface area contributed by atoms with Crippen LogP contribution in [0.5, 0.6) is 0 Å². The molecule has 0 saturated heterocycles. The summed E-state index contributed by atoms with van der Waals surface area (Å²) in [6, 6.07) is 6.45. The van der Waals surface area contributed by atoms with Crippen molar-refractivity contribution in [2.45, 2.75) is 33.2 Å². The van der Waals surface area contributed by atoms with Crippen molar-refractivity contribution in [2.75, 3.05) is 0 Å². The lowest BCUT2D eigenvalue weighted by Crippen LogP contribution is -2.18. The second kappa shape index (κ2) is 4.09. The molecule has 0 amide bonds. The molecule has 1 unspecified atom stereocenters. The number of nitrogens with two attached hydrogens (primary N) is 1. The monoisotopic (exact) mass is 195 g/mol. The Hall–Kier alpha value is -0.890. The van der Waals surface area contributed by atoms with Crippen molar-refractivity contribution in [1.29, 1.82) is 0 Å². The minimum atomic E-state index is -0.216. The molecule has 0 heterocycles. The first-order chi connectivity index (χ1) is 6.38. The zero-order chi connectivity index (χ0) is 10.8. The van der Waals surface area contributed by atoms with Crippen LogP contribution in [0.1, 0.15) is 38.8 Å².